The van der Waals surface area contributed by atoms with Gasteiger partial charge in [0.2, 0.25) is 0 Å². The lowest BCUT2D eigenvalue weighted by molar-refractivity contribution is 0.389. The van der Waals surface area contributed by atoms with E-state index in [2.05, 4.69) is 12.2 Å². The fourth-order valence-electron chi connectivity index (χ4n) is 1.68. The molecule has 1 heterocycles. The van der Waals surface area contributed by atoms with Crippen molar-refractivity contribution in [1.29, 1.82) is 0 Å². The molecule has 1 nitrogen and oxygen atoms in total. The number of rotatable bonds is 3. The molecule has 0 saturated carbocycles. The lowest BCUT2D eigenvalue weighted by atomic mass is 9.98. The van der Waals surface area contributed by atoms with Crippen molar-refractivity contribution in [3.8, 4) is 0 Å². The van der Waals surface area contributed by atoms with Crippen LogP contribution in [0.3, 0.4) is 0 Å². The van der Waals surface area contributed by atoms with E-state index >= 15 is 0 Å². The third-order valence-electron chi connectivity index (χ3n) is 2.51. The van der Waals surface area contributed by atoms with Gasteiger partial charge in [-0.25, -0.2) is 0 Å². The van der Waals surface area contributed by atoms with Crippen LogP contribution in [-0.4, -0.2) is 5.75 Å². The highest BCUT2D eigenvalue weighted by molar-refractivity contribution is 8.02. The van der Waals surface area contributed by atoms with Gasteiger partial charge in [0.25, 0.3) is 0 Å². The van der Waals surface area contributed by atoms with E-state index in [9.17, 15) is 0 Å². The van der Waals surface area contributed by atoms with E-state index in [4.69, 9.17) is 4.74 Å². The zero-order valence-electron chi connectivity index (χ0n) is 8.76. The molecule has 0 aromatic heterocycles. The maximum atomic E-state index is 5.45. The molecule has 2 heteroatoms. The highest BCUT2D eigenvalue weighted by atomic mass is 32.2. The molecule has 0 radical (unpaired) electrons. The summed E-state index contributed by atoms with van der Waals surface area (Å²) >= 11 is 1.80. The summed E-state index contributed by atoms with van der Waals surface area (Å²) in [5.41, 5.74) is 0. The summed E-state index contributed by atoms with van der Waals surface area (Å²) < 4.78 is 5.45. The summed E-state index contributed by atoms with van der Waals surface area (Å²) in [5.74, 6) is 1.86. The van der Waals surface area contributed by atoms with Crippen LogP contribution in [0.1, 0.15) is 19.3 Å². The minimum absolute atomic E-state index is 0.726. The first-order valence-corrected chi connectivity index (χ1v) is 6.43. The van der Waals surface area contributed by atoms with Crippen molar-refractivity contribution >= 4 is 11.8 Å². The molecule has 1 aliphatic heterocycles. The fraction of sp³-hybridized carbons (Fsp3) is 0.385. The second kappa shape index (κ2) is 5.86. The fourth-order valence-corrected chi connectivity index (χ4v) is 2.64. The van der Waals surface area contributed by atoms with Gasteiger partial charge in [-0.05, 0) is 37.3 Å². The van der Waals surface area contributed by atoms with E-state index < -0.39 is 0 Å². The van der Waals surface area contributed by atoms with Gasteiger partial charge in [0.1, 0.15) is 0 Å². The molecule has 2 rings (SSSR count). The minimum Gasteiger partial charge on any atom is -0.458 e. The van der Waals surface area contributed by atoms with Gasteiger partial charge in [-0.15, -0.1) is 0 Å². The van der Waals surface area contributed by atoms with Crippen LogP contribution in [-0.2, 0) is 4.74 Å². The predicted molar refractivity (Wildman–Crippen MR) is 66.4 cm³/mol. The Hall–Kier alpha value is -0.890. The van der Waals surface area contributed by atoms with Crippen molar-refractivity contribution in [2.75, 3.05) is 5.75 Å². The SMILES string of the molecule is C1=CC=C(SCC2C=CCCC2)OC=C1. The first-order chi connectivity index (χ1) is 7.45. The molecule has 1 unspecified atom stereocenters. The van der Waals surface area contributed by atoms with E-state index in [-0.39, 0.29) is 0 Å². The van der Waals surface area contributed by atoms with Crippen molar-refractivity contribution in [3.05, 3.63) is 47.8 Å². The highest BCUT2D eigenvalue weighted by Crippen LogP contribution is 2.26. The van der Waals surface area contributed by atoms with Crippen LogP contribution in [0.25, 0.3) is 0 Å². The summed E-state index contributed by atoms with van der Waals surface area (Å²) in [5, 5.41) is 0.999. The van der Waals surface area contributed by atoms with Crippen LogP contribution in [0, 0.1) is 5.92 Å². The van der Waals surface area contributed by atoms with Crippen molar-refractivity contribution in [2.45, 2.75) is 19.3 Å². The topological polar surface area (TPSA) is 9.23 Å². The molecule has 15 heavy (non-hydrogen) atoms. The Balaban J connectivity index is 1.79. The molecule has 2 aliphatic rings. The Morgan fingerprint density at radius 2 is 2.33 bits per heavy atom. The molecule has 0 aromatic carbocycles. The molecule has 0 spiro atoms. The molecule has 0 fully saturated rings. The Morgan fingerprint density at radius 1 is 1.33 bits per heavy atom. The second-order valence-corrected chi connectivity index (χ2v) is 4.77. The lowest BCUT2D eigenvalue weighted by Gasteiger charge is -2.15. The first-order valence-electron chi connectivity index (χ1n) is 5.45. The number of hydrogen-bond acceptors (Lipinski definition) is 2. The minimum atomic E-state index is 0.726. The predicted octanol–water partition coefficient (Wildman–Crippen LogP) is 4.02. The Kier molecular flexibility index (Phi) is 4.15. The zero-order chi connectivity index (χ0) is 10.3. The molecule has 0 bridgehead atoms. The van der Waals surface area contributed by atoms with Crippen molar-refractivity contribution < 1.29 is 4.74 Å². The van der Waals surface area contributed by atoms with Crippen LogP contribution in [0.5, 0.6) is 0 Å². The van der Waals surface area contributed by atoms with Crippen molar-refractivity contribution in [2.24, 2.45) is 5.92 Å². The summed E-state index contributed by atoms with van der Waals surface area (Å²) in [6.07, 6.45) is 18.2. The maximum Gasteiger partial charge on any atom is 0.159 e. The lowest BCUT2D eigenvalue weighted by Crippen LogP contribution is -2.03. The third kappa shape index (κ3) is 3.63. The van der Waals surface area contributed by atoms with E-state index in [1.165, 1.54) is 19.3 Å². The monoisotopic (exact) mass is 220 g/mol. The number of ether oxygens (including phenoxy) is 1. The zero-order valence-corrected chi connectivity index (χ0v) is 9.58. The third-order valence-corrected chi connectivity index (χ3v) is 3.62. The van der Waals surface area contributed by atoms with Gasteiger partial charge in [0.15, 0.2) is 5.09 Å². The number of hydrogen-bond donors (Lipinski definition) is 0. The number of thioether (sulfide) groups is 1. The van der Waals surface area contributed by atoms with Crippen molar-refractivity contribution in [3.63, 3.8) is 0 Å². The summed E-state index contributed by atoms with van der Waals surface area (Å²) in [6.45, 7) is 0. The molecule has 1 atom stereocenters. The Morgan fingerprint density at radius 3 is 3.20 bits per heavy atom. The van der Waals surface area contributed by atoms with Gasteiger partial charge in [-0.2, -0.15) is 0 Å². The molecular formula is C13H16OS. The normalized spacial score (nSPS) is 24.5. The average Bonchev–Trinajstić information content (AvgIpc) is 2.56. The van der Waals surface area contributed by atoms with Crippen molar-refractivity contribution in [1.82, 2.24) is 0 Å². The maximum absolute atomic E-state index is 5.45. The van der Waals surface area contributed by atoms with Crippen LogP contribution in [0.2, 0.25) is 0 Å². The van der Waals surface area contributed by atoms with Gasteiger partial charge < -0.3 is 4.74 Å². The quantitative estimate of drug-likeness (QED) is 0.664. The van der Waals surface area contributed by atoms with E-state index in [1.54, 1.807) is 18.0 Å². The molecular weight excluding hydrogens is 204 g/mol. The average molecular weight is 220 g/mol. The Labute approximate surface area is 95.6 Å². The molecule has 0 aromatic rings. The van der Waals surface area contributed by atoms with E-state index in [0.717, 1.165) is 16.8 Å². The van der Waals surface area contributed by atoms with Crippen LogP contribution >= 0.6 is 11.8 Å². The molecule has 0 N–H and O–H groups in total. The van der Waals surface area contributed by atoms with Crippen LogP contribution in [0.4, 0.5) is 0 Å². The molecule has 80 valence electrons. The largest absolute Gasteiger partial charge is 0.458 e. The van der Waals surface area contributed by atoms with Crippen LogP contribution in [0.15, 0.2) is 47.8 Å². The Bertz CT molecular complexity index is 312. The summed E-state index contributed by atoms with van der Waals surface area (Å²) in [4.78, 5) is 0. The van der Waals surface area contributed by atoms with E-state index in [1.807, 2.05) is 24.3 Å². The van der Waals surface area contributed by atoms with Gasteiger partial charge >= 0.3 is 0 Å². The van der Waals surface area contributed by atoms with Gasteiger partial charge in [0, 0.05) is 5.75 Å². The summed E-state index contributed by atoms with van der Waals surface area (Å²) in [7, 11) is 0. The second-order valence-electron chi connectivity index (χ2n) is 3.75. The highest BCUT2D eigenvalue weighted by Gasteiger charge is 2.10. The number of allylic oxidation sites excluding steroid dienone is 6. The molecule has 0 amide bonds. The smallest absolute Gasteiger partial charge is 0.159 e. The van der Waals surface area contributed by atoms with Gasteiger partial charge in [-0.3, -0.25) is 0 Å². The molecule has 0 saturated heterocycles. The standard InChI is InChI=1S/C13H16OS/c1-3-7-12(8-4-1)11-15-13-9-5-2-6-10-14-13/h2-3,5-7,9-10,12H,1,4,8,11H2. The van der Waals surface area contributed by atoms with Gasteiger partial charge in [0.05, 0.1) is 6.26 Å². The molecule has 1 aliphatic carbocycles. The van der Waals surface area contributed by atoms with E-state index in [0.29, 0.717) is 0 Å². The van der Waals surface area contributed by atoms with Gasteiger partial charge in [-0.1, -0.05) is 36.1 Å². The first kappa shape index (κ1) is 10.6. The summed E-state index contributed by atoms with van der Waals surface area (Å²) in [6, 6.07) is 0. The van der Waals surface area contributed by atoms with Crippen LogP contribution < -0.4 is 0 Å².